The minimum Gasteiger partial charge on any atom is -0.315 e. The van der Waals surface area contributed by atoms with Crippen LogP contribution in [-0.4, -0.2) is 39.8 Å². The number of nitrogens with one attached hydrogen (secondary N) is 1. The molecule has 84 valence electrons. The molecule has 0 bridgehead atoms. The van der Waals surface area contributed by atoms with Gasteiger partial charge in [0.2, 0.25) is 6.43 Å². The van der Waals surface area contributed by atoms with E-state index in [2.05, 4.69) is 9.50 Å². The van der Waals surface area contributed by atoms with Crippen LogP contribution in [0.5, 0.6) is 0 Å². The molecule has 0 saturated carbocycles. The Morgan fingerprint density at radius 2 is 2.14 bits per heavy atom. The summed E-state index contributed by atoms with van der Waals surface area (Å²) < 4.78 is 52.0. The summed E-state index contributed by atoms with van der Waals surface area (Å²) in [6.07, 6.45) is -2.63. The molecule has 1 aliphatic rings. The van der Waals surface area contributed by atoms with Gasteiger partial charge in [-0.1, -0.05) is 0 Å². The first-order chi connectivity index (χ1) is 6.49. The minimum absolute atomic E-state index is 0.0191. The van der Waals surface area contributed by atoms with Gasteiger partial charge in [0.25, 0.3) is 10.1 Å². The Kier molecular flexibility index (Phi) is 3.79. The summed E-state index contributed by atoms with van der Waals surface area (Å²) in [6, 6.07) is 0. The Bertz CT molecular complexity index is 281. The van der Waals surface area contributed by atoms with Crippen LogP contribution in [0.3, 0.4) is 0 Å². The number of rotatable bonds is 4. The van der Waals surface area contributed by atoms with Crippen molar-refractivity contribution in [2.24, 2.45) is 5.92 Å². The molecule has 14 heavy (non-hydrogen) atoms. The number of hydrogen-bond acceptors (Lipinski definition) is 4. The lowest BCUT2D eigenvalue weighted by atomic mass is 10.1. The quantitative estimate of drug-likeness (QED) is 0.700. The maximum Gasteiger partial charge on any atom is 0.272 e. The van der Waals surface area contributed by atoms with Gasteiger partial charge in [0.1, 0.15) is 5.25 Å². The summed E-state index contributed by atoms with van der Waals surface area (Å²) >= 11 is 0. The van der Waals surface area contributed by atoms with Gasteiger partial charge in [-0.25, -0.2) is 8.78 Å². The van der Waals surface area contributed by atoms with Crippen LogP contribution >= 0.6 is 0 Å². The van der Waals surface area contributed by atoms with Crippen molar-refractivity contribution in [3.8, 4) is 0 Å². The summed E-state index contributed by atoms with van der Waals surface area (Å²) in [4.78, 5) is 0. The molecule has 4 nitrogen and oxygen atoms in total. The Balaban J connectivity index is 2.76. The summed E-state index contributed by atoms with van der Waals surface area (Å²) in [6.45, 7) is 1.55. The molecule has 1 saturated heterocycles. The molecule has 0 aromatic heterocycles. The maximum atomic E-state index is 12.4. The normalized spacial score (nSPS) is 28.6. The van der Waals surface area contributed by atoms with Crippen LogP contribution < -0.4 is 5.32 Å². The van der Waals surface area contributed by atoms with Gasteiger partial charge in [-0.15, -0.1) is 0 Å². The Labute approximate surface area is 81.8 Å². The van der Waals surface area contributed by atoms with Gasteiger partial charge in [0.15, 0.2) is 0 Å². The maximum absolute atomic E-state index is 12.4. The first-order valence-electron chi connectivity index (χ1n) is 4.36. The summed E-state index contributed by atoms with van der Waals surface area (Å²) in [5.74, 6) is -1.16. The highest BCUT2D eigenvalue weighted by Gasteiger charge is 2.42. The number of halogens is 2. The first kappa shape index (κ1) is 11.8. The highest BCUT2D eigenvalue weighted by atomic mass is 32.2. The molecule has 2 atom stereocenters. The van der Waals surface area contributed by atoms with E-state index >= 15 is 0 Å². The van der Waals surface area contributed by atoms with Crippen LogP contribution in [0.25, 0.3) is 0 Å². The third kappa shape index (κ3) is 2.40. The van der Waals surface area contributed by atoms with E-state index in [1.807, 2.05) is 0 Å². The largest absolute Gasteiger partial charge is 0.315 e. The molecular formula is C7H13F2NO3S. The van der Waals surface area contributed by atoms with Crippen LogP contribution in [-0.2, 0) is 14.3 Å². The van der Waals surface area contributed by atoms with E-state index in [-0.39, 0.29) is 19.7 Å². The smallest absolute Gasteiger partial charge is 0.272 e. The summed E-state index contributed by atoms with van der Waals surface area (Å²) in [7, 11) is -3.85. The molecule has 1 N–H and O–H groups in total. The molecule has 0 aromatic carbocycles. The first-order valence-corrected chi connectivity index (χ1v) is 5.83. The molecule has 0 aromatic rings. The van der Waals surface area contributed by atoms with Gasteiger partial charge >= 0.3 is 0 Å². The van der Waals surface area contributed by atoms with E-state index in [9.17, 15) is 17.2 Å². The molecule has 1 heterocycles. The average Bonchev–Trinajstić information content (AvgIpc) is 2.51. The molecule has 7 heteroatoms. The second-order valence-corrected chi connectivity index (χ2v) is 4.92. The predicted molar refractivity (Wildman–Crippen MR) is 46.7 cm³/mol. The van der Waals surface area contributed by atoms with Crippen LogP contribution in [0, 0.1) is 5.92 Å². The second kappa shape index (κ2) is 4.50. The summed E-state index contributed by atoms with van der Waals surface area (Å²) in [5, 5.41) is 1.51. The lowest BCUT2D eigenvalue weighted by Gasteiger charge is -2.16. The predicted octanol–water partition coefficient (Wildman–Crippen LogP) is 0.206. The zero-order chi connectivity index (χ0) is 10.8. The average molecular weight is 229 g/mol. The highest BCUT2D eigenvalue weighted by Crippen LogP contribution is 2.24. The molecule has 0 amide bonds. The SMILES string of the molecule is CCOS(=O)(=O)C1CNCC1C(F)F. The van der Waals surface area contributed by atoms with Crippen molar-refractivity contribution in [3.05, 3.63) is 0 Å². The zero-order valence-corrected chi connectivity index (χ0v) is 8.56. The Morgan fingerprint density at radius 1 is 1.50 bits per heavy atom. The van der Waals surface area contributed by atoms with Gasteiger partial charge in [-0.05, 0) is 6.92 Å². The molecule has 0 spiro atoms. The van der Waals surface area contributed by atoms with E-state index in [0.29, 0.717) is 0 Å². The lowest BCUT2D eigenvalue weighted by molar-refractivity contribution is 0.0865. The molecule has 1 aliphatic heterocycles. The molecule has 2 unspecified atom stereocenters. The Morgan fingerprint density at radius 3 is 2.64 bits per heavy atom. The fourth-order valence-corrected chi connectivity index (χ4v) is 2.96. The van der Waals surface area contributed by atoms with Crippen LogP contribution in [0.1, 0.15) is 6.92 Å². The molecule has 0 aliphatic carbocycles. The Hall–Kier alpha value is -0.270. The van der Waals surface area contributed by atoms with Gasteiger partial charge in [0.05, 0.1) is 12.5 Å². The highest BCUT2D eigenvalue weighted by molar-refractivity contribution is 7.87. The van der Waals surface area contributed by atoms with Crippen molar-refractivity contribution >= 4 is 10.1 Å². The molecular weight excluding hydrogens is 216 g/mol. The van der Waals surface area contributed by atoms with E-state index in [1.165, 1.54) is 6.92 Å². The van der Waals surface area contributed by atoms with Gasteiger partial charge in [-0.2, -0.15) is 8.42 Å². The topological polar surface area (TPSA) is 55.4 Å². The third-order valence-electron chi connectivity index (χ3n) is 2.18. The van der Waals surface area contributed by atoms with Crippen molar-refractivity contribution in [1.82, 2.24) is 5.32 Å². The zero-order valence-electron chi connectivity index (χ0n) is 7.74. The van der Waals surface area contributed by atoms with Gasteiger partial charge in [0, 0.05) is 13.1 Å². The van der Waals surface area contributed by atoms with Crippen molar-refractivity contribution in [1.29, 1.82) is 0 Å². The van der Waals surface area contributed by atoms with Crippen molar-refractivity contribution in [2.75, 3.05) is 19.7 Å². The van der Waals surface area contributed by atoms with E-state index < -0.39 is 27.7 Å². The lowest BCUT2D eigenvalue weighted by Crippen LogP contribution is -2.34. The number of alkyl halides is 2. The van der Waals surface area contributed by atoms with Crippen molar-refractivity contribution < 1.29 is 21.4 Å². The third-order valence-corrected chi connectivity index (χ3v) is 4.00. The van der Waals surface area contributed by atoms with Crippen molar-refractivity contribution in [2.45, 2.75) is 18.6 Å². The van der Waals surface area contributed by atoms with E-state index in [4.69, 9.17) is 0 Å². The van der Waals surface area contributed by atoms with E-state index in [1.54, 1.807) is 0 Å². The van der Waals surface area contributed by atoms with Crippen molar-refractivity contribution in [3.63, 3.8) is 0 Å². The molecule has 0 radical (unpaired) electrons. The van der Waals surface area contributed by atoms with E-state index in [0.717, 1.165) is 0 Å². The fourth-order valence-electron chi connectivity index (χ4n) is 1.49. The van der Waals surface area contributed by atoms with Gasteiger partial charge in [-0.3, -0.25) is 4.18 Å². The minimum atomic E-state index is -3.85. The molecule has 1 fully saturated rings. The van der Waals surface area contributed by atoms with Crippen LogP contribution in [0.15, 0.2) is 0 Å². The monoisotopic (exact) mass is 229 g/mol. The van der Waals surface area contributed by atoms with Gasteiger partial charge < -0.3 is 5.32 Å². The van der Waals surface area contributed by atoms with Crippen LogP contribution in [0.4, 0.5) is 8.78 Å². The molecule has 1 rings (SSSR count). The summed E-state index contributed by atoms with van der Waals surface area (Å²) in [5.41, 5.74) is 0. The second-order valence-electron chi connectivity index (χ2n) is 3.09. The number of hydrogen-bond donors (Lipinski definition) is 1. The fraction of sp³-hybridized carbons (Fsp3) is 1.00. The van der Waals surface area contributed by atoms with Crippen LogP contribution in [0.2, 0.25) is 0 Å². The standard InChI is InChI=1S/C7H13F2NO3S/c1-2-13-14(11,12)6-4-10-3-5(6)7(8)9/h5-7,10H,2-4H2,1H3.